The number of methoxy groups -OCH3 is 1. The molecular formula is C9H16O2. The van der Waals surface area contributed by atoms with E-state index in [4.69, 9.17) is 11.2 Å². The second kappa shape index (κ2) is 5.17. The quantitative estimate of drug-likeness (QED) is 0.606. The third-order valence-corrected chi connectivity index (χ3v) is 1.56. The van der Waals surface area contributed by atoms with Crippen molar-refractivity contribution in [3.05, 3.63) is 0 Å². The highest BCUT2D eigenvalue weighted by molar-refractivity contribution is 4.95. The Hall–Kier alpha value is -0.520. The molecule has 0 aromatic heterocycles. The molecule has 1 N–H and O–H groups in total. The summed E-state index contributed by atoms with van der Waals surface area (Å²) in [5, 5.41) is 9.74. The summed E-state index contributed by atoms with van der Waals surface area (Å²) in [5.41, 5.74) is -0.807. The Kier molecular flexibility index (Phi) is 4.93. The average molecular weight is 156 g/mol. The van der Waals surface area contributed by atoms with Crippen LogP contribution in [0.25, 0.3) is 0 Å². The number of hydrogen-bond donors (Lipinski definition) is 1. The Morgan fingerprint density at radius 3 is 2.64 bits per heavy atom. The molecule has 0 aliphatic rings. The standard InChI is InChI=1S/C9H16O2/c1-4-6-9(10,7-5-2)8-11-3/h1,10H,5-8H2,2-3H3. The van der Waals surface area contributed by atoms with Crippen molar-refractivity contribution >= 4 is 0 Å². The number of hydrogen-bond acceptors (Lipinski definition) is 2. The topological polar surface area (TPSA) is 29.5 Å². The minimum atomic E-state index is -0.807. The Labute approximate surface area is 68.6 Å². The van der Waals surface area contributed by atoms with Gasteiger partial charge in [0.05, 0.1) is 12.2 Å². The van der Waals surface area contributed by atoms with Crippen molar-refractivity contribution in [1.82, 2.24) is 0 Å². The highest BCUT2D eigenvalue weighted by Gasteiger charge is 2.24. The molecule has 0 heterocycles. The first-order chi connectivity index (χ1) is 5.18. The van der Waals surface area contributed by atoms with Gasteiger partial charge < -0.3 is 9.84 Å². The lowest BCUT2D eigenvalue weighted by atomic mass is 9.96. The van der Waals surface area contributed by atoms with E-state index in [1.807, 2.05) is 6.92 Å². The minimum Gasteiger partial charge on any atom is -0.386 e. The molecule has 0 aliphatic carbocycles. The van der Waals surface area contributed by atoms with Crippen LogP contribution in [0.1, 0.15) is 26.2 Å². The smallest absolute Gasteiger partial charge is 0.0988 e. The van der Waals surface area contributed by atoms with E-state index in [0.29, 0.717) is 19.4 Å². The van der Waals surface area contributed by atoms with Gasteiger partial charge in [0, 0.05) is 13.5 Å². The zero-order chi connectivity index (χ0) is 8.74. The fourth-order valence-electron chi connectivity index (χ4n) is 1.14. The second-order valence-electron chi connectivity index (χ2n) is 2.79. The molecule has 2 heteroatoms. The van der Waals surface area contributed by atoms with Crippen molar-refractivity contribution in [2.75, 3.05) is 13.7 Å². The van der Waals surface area contributed by atoms with Crippen molar-refractivity contribution in [2.45, 2.75) is 31.8 Å². The SMILES string of the molecule is C#CCC(O)(CCC)COC. The lowest BCUT2D eigenvalue weighted by Crippen LogP contribution is -2.33. The Morgan fingerprint density at radius 1 is 1.64 bits per heavy atom. The van der Waals surface area contributed by atoms with E-state index in [0.717, 1.165) is 6.42 Å². The Balaban J connectivity index is 3.92. The molecule has 0 saturated carbocycles. The van der Waals surface area contributed by atoms with Gasteiger partial charge in [-0.3, -0.25) is 0 Å². The molecular weight excluding hydrogens is 140 g/mol. The molecule has 11 heavy (non-hydrogen) atoms. The van der Waals surface area contributed by atoms with E-state index in [9.17, 15) is 5.11 Å². The lowest BCUT2D eigenvalue weighted by Gasteiger charge is -2.24. The van der Waals surface area contributed by atoms with Crippen molar-refractivity contribution in [3.63, 3.8) is 0 Å². The molecule has 0 aromatic rings. The molecule has 0 fully saturated rings. The van der Waals surface area contributed by atoms with Gasteiger partial charge in [0.25, 0.3) is 0 Å². The average Bonchev–Trinajstić information content (AvgIpc) is 1.88. The van der Waals surface area contributed by atoms with Crippen molar-refractivity contribution < 1.29 is 9.84 Å². The van der Waals surface area contributed by atoms with Crippen LogP contribution in [-0.2, 0) is 4.74 Å². The van der Waals surface area contributed by atoms with E-state index >= 15 is 0 Å². The molecule has 2 nitrogen and oxygen atoms in total. The number of ether oxygens (including phenoxy) is 1. The number of rotatable bonds is 5. The monoisotopic (exact) mass is 156 g/mol. The van der Waals surface area contributed by atoms with Crippen LogP contribution in [0.3, 0.4) is 0 Å². The molecule has 1 unspecified atom stereocenters. The fraction of sp³-hybridized carbons (Fsp3) is 0.778. The molecule has 0 aliphatic heterocycles. The van der Waals surface area contributed by atoms with E-state index < -0.39 is 5.60 Å². The van der Waals surface area contributed by atoms with Gasteiger partial charge in [-0.05, 0) is 6.42 Å². The maximum Gasteiger partial charge on any atom is 0.0988 e. The van der Waals surface area contributed by atoms with Crippen LogP contribution < -0.4 is 0 Å². The normalized spacial score (nSPS) is 15.5. The summed E-state index contributed by atoms with van der Waals surface area (Å²) >= 11 is 0. The van der Waals surface area contributed by atoms with E-state index in [1.54, 1.807) is 7.11 Å². The van der Waals surface area contributed by atoms with Crippen LogP contribution in [0.2, 0.25) is 0 Å². The van der Waals surface area contributed by atoms with Gasteiger partial charge in [-0.25, -0.2) is 0 Å². The summed E-state index contributed by atoms with van der Waals surface area (Å²) in [6.07, 6.45) is 7.10. The lowest BCUT2D eigenvalue weighted by molar-refractivity contribution is -0.0336. The van der Waals surface area contributed by atoms with Gasteiger partial charge >= 0.3 is 0 Å². The highest BCUT2D eigenvalue weighted by atomic mass is 16.5. The van der Waals surface area contributed by atoms with Crippen LogP contribution in [-0.4, -0.2) is 24.4 Å². The first kappa shape index (κ1) is 10.5. The zero-order valence-electron chi connectivity index (χ0n) is 7.26. The highest BCUT2D eigenvalue weighted by Crippen LogP contribution is 2.16. The van der Waals surface area contributed by atoms with Gasteiger partial charge in [0.1, 0.15) is 0 Å². The first-order valence-corrected chi connectivity index (χ1v) is 3.83. The summed E-state index contributed by atoms with van der Waals surface area (Å²) in [4.78, 5) is 0. The number of terminal acetylenes is 1. The van der Waals surface area contributed by atoms with Gasteiger partial charge in [-0.15, -0.1) is 12.3 Å². The third kappa shape index (κ3) is 4.02. The predicted molar refractivity (Wildman–Crippen MR) is 45.2 cm³/mol. The van der Waals surface area contributed by atoms with Crippen molar-refractivity contribution in [1.29, 1.82) is 0 Å². The van der Waals surface area contributed by atoms with Crippen LogP contribution in [0, 0.1) is 12.3 Å². The predicted octanol–water partition coefficient (Wildman–Crippen LogP) is 1.19. The molecule has 0 aromatic carbocycles. The van der Waals surface area contributed by atoms with Gasteiger partial charge in [-0.2, -0.15) is 0 Å². The summed E-state index contributed by atoms with van der Waals surface area (Å²) in [6.45, 7) is 2.34. The molecule has 0 bridgehead atoms. The third-order valence-electron chi connectivity index (χ3n) is 1.56. The Bertz CT molecular complexity index is 129. The van der Waals surface area contributed by atoms with E-state index in [-0.39, 0.29) is 0 Å². The minimum absolute atomic E-state index is 0.324. The molecule has 0 saturated heterocycles. The van der Waals surface area contributed by atoms with Crippen molar-refractivity contribution in [3.8, 4) is 12.3 Å². The van der Waals surface area contributed by atoms with Gasteiger partial charge in [0.2, 0.25) is 0 Å². The fourth-order valence-corrected chi connectivity index (χ4v) is 1.14. The summed E-state index contributed by atoms with van der Waals surface area (Å²) in [7, 11) is 1.57. The van der Waals surface area contributed by atoms with Gasteiger partial charge in [-0.1, -0.05) is 13.3 Å². The summed E-state index contributed by atoms with van der Waals surface area (Å²) in [5.74, 6) is 2.45. The molecule has 64 valence electrons. The van der Waals surface area contributed by atoms with E-state index in [1.165, 1.54) is 0 Å². The molecule has 1 atom stereocenters. The summed E-state index contributed by atoms with van der Waals surface area (Å²) in [6, 6.07) is 0. The molecule has 0 rings (SSSR count). The van der Waals surface area contributed by atoms with E-state index in [2.05, 4.69) is 5.92 Å². The van der Waals surface area contributed by atoms with Gasteiger partial charge in [0.15, 0.2) is 0 Å². The van der Waals surface area contributed by atoms with Crippen LogP contribution in [0.5, 0.6) is 0 Å². The largest absolute Gasteiger partial charge is 0.386 e. The second-order valence-corrected chi connectivity index (χ2v) is 2.79. The molecule has 0 amide bonds. The van der Waals surface area contributed by atoms with Crippen LogP contribution in [0.4, 0.5) is 0 Å². The van der Waals surface area contributed by atoms with Crippen LogP contribution >= 0.6 is 0 Å². The molecule has 0 radical (unpaired) electrons. The maximum absolute atomic E-state index is 9.74. The molecule has 0 spiro atoms. The van der Waals surface area contributed by atoms with Crippen LogP contribution in [0.15, 0.2) is 0 Å². The Morgan fingerprint density at radius 2 is 2.27 bits per heavy atom. The zero-order valence-corrected chi connectivity index (χ0v) is 7.26. The van der Waals surface area contributed by atoms with Crippen molar-refractivity contribution in [2.24, 2.45) is 0 Å². The summed E-state index contributed by atoms with van der Waals surface area (Å²) < 4.78 is 4.87. The number of aliphatic hydroxyl groups is 1. The first-order valence-electron chi connectivity index (χ1n) is 3.83. The maximum atomic E-state index is 9.74.